The summed E-state index contributed by atoms with van der Waals surface area (Å²) in [5.41, 5.74) is 1.71. The van der Waals surface area contributed by atoms with Crippen LogP contribution in [-0.2, 0) is 0 Å². The Labute approximate surface area is 88.7 Å². The van der Waals surface area contributed by atoms with E-state index in [0.717, 1.165) is 0 Å². The number of benzene rings is 1. The lowest BCUT2D eigenvalue weighted by molar-refractivity contribution is 0.426. The molecule has 0 saturated heterocycles. The maximum Gasteiger partial charge on any atom is 0.488 e. The van der Waals surface area contributed by atoms with Gasteiger partial charge in [0.05, 0.1) is 0 Å². The van der Waals surface area contributed by atoms with Gasteiger partial charge in [0.1, 0.15) is 5.52 Å². The minimum atomic E-state index is -1.46. The molecule has 15 heavy (non-hydrogen) atoms. The Kier molecular flexibility index (Phi) is 3.88. The summed E-state index contributed by atoms with van der Waals surface area (Å²) in [5, 5.41) is 17.8. The van der Waals surface area contributed by atoms with Crippen molar-refractivity contribution in [2.24, 2.45) is 0 Å². The van der Waals surface area contributed by atoms with Crippen molar-refractivity contribution in [3.05, 3.63) is 24.1 Å². The predicted molar refractivity (Wildman–Crippen MR) is 59.9 cm³/mol. The minimum absolute atomic E-state index is 0.417. The molecule has 2 aromatic rings. The maximum atomic E-state index is 8.89. The number of aromatic nitrogens is 1. The van der Waals surface area contributed by atoms with E-state index >= 15 is 0 Å². The first kappa shape index (κ1) is 11.7. The summed E-state index contributed by atoms with van der Waals surface area (Å²) in [6.45, 7) is 5.75. The summed E-state index contributed by atoms with van der Waals surface area (Å²) >= 11 is 0. The number of oxazole rings is 1. The SMILES string of the molecule is CC.Cc1nc2cc(B(O)O)ccc2o1. The zero-order valence-electron chi connectivity index (χ0n) is 9.06. The van der Waals surface area contributed by atoms with Crippen LogP contribution in [0.4, 0.5) is 0 Å². The standard InChI is InChI=1S/C8H8BNO3.C2H6/c1-5-10-7-4-6(9(11)12)2-3-8(7)13-5;1-2/h2-4,11-12H,1H3;1-2H3. The van der Waals surface area contributed by atoms with Crippen LogP contribution in [0.1, 0.15) is 19.7 Å². The fourth-order valence-electron chi connectivity index (χ4n) is 1.22. The molecule has 1 aromatic carbocycles. The lowest BCUT2D eigenvalue weighted by Crippen LogP contribution is -2.29. The Morgan fingerprint density at radius 3 is 2.53 bits per heavy atom. The van der Waals surface area contributed by atoms with Gasteiger partial charge in [0.2, 0.25) is 0 Å². The third kappa shape index (κ3) is 2.58. The quantitative estimate of drug-likeness (QED) is 0.680. The van der Waals surface area contributed by atoms with Crippen molar-refractivity contribution in [2.75, 3.05) is 0 Å². The van der Waals surface area contributed by atoms with Gasteiger partial charge in [-0.25, -0.2) is 4.98 Å². The van der Waals surface area contributed by atoms with Crippen LogP contribution in [0, 0.1) is 6.92 Å². The van der Waals surface area contributed by atoms with E-state index in [-0.39, 0.29) is 0 Å². The second kappa shape index (κ2) is 4.95. The molecule has 0 atom stereocenters. The van der Waals surface area contributed by atoms with Crippen molar-refractivity contribution in [2.45, 2.75) is 20.8 Å². The van der Waals surface area contributed by atoms with Crippen LogP contribution in [0.5, 0.6) is 0 Å². The Morgan fingerprint density at radius 1 is 1.27 bits per heavy atom. The second-order valence-corrected chi connectivity index (χ2v) is 2.83. The number of rotatable bonds is 1. The van der Waals surface area contributed by atoms with E-state index in [1.807, 2.05) is 13.8 Å². The monoisotopic (exact) mass is 207 g/mol. The van der Waals surface area contributed by atoms with Crippen molar-refractivity contribution >= 4 is 23.7 Å². The molecule has 0 radical (unpaired) electrons. The normalized spacial score (nSPS) is 9.67. The summed E-state index contributed by atoms with van der Waals surface area (Å²) in [4.78, 5) is 4.07. The van der Waals surface area contributed by atoms with Gasteiger partial charge in [-0.05, 0) is 17.6 Å². The van der Waals surface area contributed by atoms with Crippen molar-refractivity contribution in [3.8, 4) is 0 Å². The summed E-state index contributed by atoms with van der Waals surface area (Å²) in [6.07, 6.45) is 0. The second-order valence-electron chi connectivity index (χ2n) is 2.83. The summed E-state index contributed by atoms with van der Waals surface area (Å²) < 4.78 is 5.23. The molecule has 1 aromatic heterocycles. The van der Waals surface area contributed by atoms with E-state index < -0.39 is 7.12 Å². The molecule has 1 heterocycles. The van der Waals surface area contributed by atoms with Gasteiger partial charge in [-0.3, -0.25) is 0 Å². The van der Waals surface area contributed by atoms with Crippen LogP contribution in [0.15, 0.2) is 22.6 Å². The molecule has 0 fully saturated rings. The molecule has 0 spiro atoms. The van der Waals surface area contributed by atoms with Gasteiger partial charge in [-0.1, -0.05) is 19.9 Å². The first-order valence-corrected chi connectivity index (χ1v) is 4.90. The highest BCUT2D eigenvalue weighted by atomic mass is 16.4. The lowest BCUT2D eigenvalue weighted by atomic mass is 9.80. The van der Waals surface area contributed by atoms with Crippen LogP contribution in [0.25, 0.3) is 11.1 Å². The first-order chi connectivity index (χ1) is 7.16. The number of nitrogens with zero attached hydrogens (tertiary/aromatic N) is 1. The molecule has 0 saturated carbocycles. The van der Waals surface area contributed by atoms with Gasteiger partial charge in [0.25, 0.3) is 0 Å². The van der Waals surface area contributed by atoms with Gasteiger partial charge < -0.3 is 14.5 Å². The molecular weight excluding hydrogens is 193 g/mol. The van der Waals surface area contributed by atoms with E-state index in [4.69, 9.17) is 14.5 Å². The number of aryl methyl sites for hydroxylation is 1. The molecule has 0 bridgehead atoms. The van der Waals surface area contributed by atoms with E-state index in [1.54, 1.807) is 25.1 Å². The third-order valence-corrected chi connectivity index (χ3v) is 1.82. The molecule has 2 rings (SSSR count). The fraction of sp³-hybridized carbons (Fsp3) is 0.300. The molecule has 0 unspecified atom stereocenters. The molecule has 5 heteroatoms. The van der Waals surface area contributed by atoms with Crippen LogP contribution in [-0.4, -0.2) is 22.2 Å². The largest absolute Gasteiger partial charge is 0.488 e. The van der Waals surface area contributed by atoms with Crippen molar-refractivity contribution < 1.29 is 14.5 Å². The molecule has 80 valence electrons. The Balaban J connectivity index is 0.000000531. The van der Waals surface area contributed by atoms with E-state index in [1.165, 1.54) is 0 Å². The maximum absolute atomic E-state index is 8.89. The Hall–Kier alpha value is -1.33. The minimum Gasteiger partial charge on any atom is -0.441 e. The highest BCUT2D eigenvalue weighted by Gasteiger charge is 2.12. The van der Waals surface area contributed by atoms with E-state index in [9.17, 15) is 0 Å². The van der Waals surface area contributed by atoms with Gasteiger partial charge in [-0.2, -0.15) is 0 Å². The van der Waals surface area contributed by atoms with Gasteiger partial charge in [0, 0.05) is 6.92 Å². The molecule has 2 N–H and O–H groups in total. The Bertz CT molecular complexity index is 439. The van der Waals surface area contributed by atoms with Gasteiger partial charge in [-0.15, -0.1) is 0 Å². The van der Waals surface area contributed by atoms with Crippen LogP contribution < -0.4 is 5.46 Å². The van der Waals surface area contributed by atoms with Crippen LogP contribution in [0.2, 0.25) is 0 Å². The highest BCUT2D eigenvalue weighted by molar-refractivity contribution is 6.58. The first-order valence-electron chi connectivity index (χ1n) is 4.90. The smallest absolute Gasteiger partial charge is 0.441 e. The average Bonchev–Trinajstić information content (AvgIpc) is 2.59. The zero-order chi connectivity index (χ0) is 11.4. The third-order valence-electron chi connectivity index (χ3n) is 1.82. The predicted octanol–water partition coefficient (Wildman–Crippen LogP) is 0.842. The molecule has 0 amide bonds. The molecule has 0 aliphatic rings. The van der Waals surface area contributed by atoms with E-state index in [0.29, 0.717) is 22.5 Å². The highest BCUT2D eigenvalue weighted by Crippen LogP contribution is 2.12. The number of fused-ring (bicyclic) bond motifs is 1. The zero-order valence-corrected chi connectivity index (χ0v) is 9.06. The molecular formula is C10H14BNO3. The number of hydrogen-bond donors (Lipinski definition) is 2. The Morgan fingerprint density at radius 2 is 1.93 bits per heavy atom. The fourth-order valence-corrected chi connectivity index (χ4v) is 1.22. The topological polar surface area (TPSA) is 66.5 Å². The molecule has 4 nitrogen and oxygen atoms in total. The number of hydrogen-bond acceptors (Lipinski definition) is 4. The molecule has 0 aliphatic carbocycles. The van der Waals surface area contributed by atoms with Gasteiger partial charge >= 0.3 is 7.12 Å². The summed E-state index contributed by atoms with van der Waals surface area (Å²) in [6, 6.07) is 4.86. The lowest BCUT2D eigenvalue weighted by Gasteiger charge is -1.96. The molecule has 0 aliphatic heterocycles. The van der Waals surface area contributed by atoms with Crippen molar-refractivity contribution in [1.29, 1.82) is 0 Å². The summed E-state index contributed by atoms with van der Waals surface area (Å²) in [5.74, 6) is 0.569. The van der Waals surface area contributed by atoms with Crippen molar-refractivity contribution in [1.82, 2.24) is 4.98 Å². The van der Waals surface area contributed by atoms with Gasteiger partial charge in [0.15, 0.2) is 11.5 Å². The van der Waals surface area contributed by atoms with Crippen LogP contribution in [0.3, 0.4) is 0 Å². The van der Waals surface area contributed by atoms with Crippen molar-refractivity contribution in [3.63, 3.8) is 0 Å². The average molecular weight is 207 g/mol. The van der Waals surface area contributed by atoms with Crippen LogP contribution >= 0.6 is 0 Å². The van der Waals surface area contributed by atoms with E-state index in [2.05, 4.69) is 4.98 Å². The summed E-state index contributed by atoms with van der Waals surface area (Å²) in [7, 11) is -1.46.